The molecule has 1 fully saturated rings. The lowest BCUT2D eigenvalue weighted by Crippen LogP contribution is -2.29. The molecule has 3 heterocycles. The summed E-state index contributed by atoms with van der Waals surface area (Å²) in [5.74, 6) is -0.243. The van der Waals surface area contributed by atoms with E-state index in [2.05, 4.69) is 70.9 Å². The molecule has 0 bridgehead atoms. The van der Waals surface area contributed by atoms with E-state index in [-0.39, 0.29) is 17.9 Å². The number of aryl methyl sites for hydroxylation is 2. The maximum Gasteiger partial charge on any atom is 0.174 e. The Hall–Kier alpha value is -3.51. The standard InChI is InChI=1S/C27H25FN4S/c1-17-7-11-22(12-8-17)32-26(25(30-27(32)33)24-6-4-5-15-29-24)23-16-18(2)31(19(23)3)21-13-9-20(28)10-14-21/h4-16,25-26H,1-3H3,(H,30,33)/t25-,26+/m1/s1. The number of anilines is 1. The zero-order chi connectivity index (χ0) is 23.1. The third kappa shape index (κ3) is 3.80. The molecule has 0 spiro atoms. The Bertz CT molecular complexity index is 1300. The van der Waals surface area contributed by atoms with Crippen LogP contribution in [0, 0.1) is 26.6 Å². The van der Waals surface area contributed by atoms with Gasteiger partial charge < -0.3 is 14.8 Å². The molecule has 33 heavy (non-hydrogen) atoms. The van der Waals surface area contributed by atoms with Gasteiger partial charge in [0.25, 0.3) is 0 Å². The summed E-state index contributed by atoms with van der Waals surface area (Å²) in [5, 5.41) is 4.19. The minimum atomic E-state index is -0.243. The molecule has 0 unspecified atom stereocenters. The second-order valence-electron chi connectivity index (χ2n) is 8.47. The molecule has 6 heteroatoms. The largest absolute Gasteiger partial charge is 0.351 e. The van der Waals surface area contributed by atoms with Gasteiger partial charge in [0, 0.05) is 29.0 Å². The van der Waals surface area contributed by atoms with Gasteiger partial charge in [-0.05, 0) is 93.1 Å². The van der Waals surface area contributed by atoms with Crippen molar-refractivity contribution in [3.63, 3.8) is 0 Å². The maximum atomic E-state index is 13.6. The number of halogens is 1. The van der Waals surface area contributed by atoms with Crippen LogP contribution >= 0.6 is 12.2 Å². The zero-order valence-electron chi connectivity index (χ0n) is 18.8. The predicted octanol–water partition coefficient (Wildman–Crippen LogP) is 6.11. The van der Waals surface area contributed by atoms with Crippen molar-refractivity contribution in [2.75, 3.05) is 4.90 Å². The third-order valence-electron chi connectivity index (χ3n) is 6.28. The first-order valence-corrected chi connectivity index (χ1v) is 11.4. The second-order valence-corrected chi connectivity index (χ2v) is 8.86. The number of hydrogen-bond donors (Lipinski definition) is 1. The molecule has 1 saturated heterocycles. The summed E-state index contributed by atoms with van der Waals surface area (Å²) in [7, 11) is 0. The molecule has 0 amide bonds. The highest BCUT2D eigenvalue weighted by Crippen LogP contribution is 2.43. The van der Waals surface area contributed by atoms with Crippen LogP contribution in [-0.4, -0.2) is 14.7 Å². The van der Waals surface area contributed by atoms with Crippen LogP contribution < -0.4 is 10.2 Å². The summed E-state index contributed by atoms with van der Waals surface area (Å²) in [6.45, 7) is 6.26. The summed E-state index contributed by atoms with van der Waals surface area (Å²) in [6, 6.07) is 23.0. The molecule has 4 nitrogen and oxygen atoms in total. The van der Waals surface area contributed by atoms with E-state index < -0.39 is 0 Å². The summed E-state index contributed by atoms with van der Waals surface area (Å²) in [5.41, 5.74) is 7.43. The Labute approximate surface area is 198 Å². The van der Waals surface area contributed by atoms with Gasteiger partial charge in [-0.1, -0.05) is 23.8 Å². The van der Waals surface area contributed by atoms with E-state index in [4.69, 9.17) is 12.2 Å². The Morgan fingerprint density at radius 1 is 0.909 bits per heavy atom. The number of hydrogen-bond acceptors (Lipinski definition) is 2. The molecule has 1 N–H and O–H groups in total. The molecular weight excluding hydrogens is 431 g/mol. The topological polar surface area (TPSA) is 33.1 Å². The maximum absolute atomic E-state index is 13.6. The summed E-state index contributed by atoms with van der Waals surface area (Å²) in [4.78, 5) is 6.83. The van der Waals surface area contributed by atoms with Gasteiger partial charge >= 0.3 is 0 Å². The molecular formula is C27H25FN4S. The first kappa shape index (κ1) is 21.3. The van der Waals surface area contributed by atoms with Crippen molar-refractivity contribution in [3.8, 4) is 5.69 Å². The predicted molar refractivity (Wildman–Crippen MR) is 134 cm³/mol. The smallest absolute Gasteiger partial charge is 0.174 e. The van der Waals surface area contributed by atoms with E-state index in [0.29, 0.717) is 5.11 Å². The molecule has 1 aliphatic heterocycles. The number of aromatic nitrogens is 2. The van der Waals surface area contributed by atoms with Crippen LogP contribution in [0.25, 0.3) is 5.69 Å². The molecule has 2 aromatic heterocycles. The van der Waals surface area contributed by atoms with Crippen LogP contribution in [0.2, 0.25) is 0 Å². The number of pyridine rings is 1. The van der Waals surface area contributed by atoms with Crippen LogP contribution in [0.4, 0.5) is 10.1 Å². The number of benzene rings is 2. The van der Waals surface area contributed by atoms with Crippen LogP contribution in [0.3, 0.4) is 0 Å². The van der Waals surface area contributed by atoms with Crippen LogP contribution in [0.5, 0.6) is 0 Å². The lowest BCUT2D eigenvalue weighted by Gasteiger charge is -2.28. The summed E-state index contributed by atoms with van der Waals surface area (Å²) < 4.78 is 15.7. The molecule has 0 radical (unpaired) electrons. The Morgan fingerprint density at radius 3 is 2.27 bits per heavy atom. The van der Waals surface area contributed by atoms with E-state index in [0.717, 1.165) is 34.0 Å². The van der Waals surface area contributed by atoms with Gasteiger partial charge in [-0.2, -0.15) is 0 Å². The van der Waals surface area contributed by atoms with Gasteiger partial charge in [-0.3, -0.25) is 4.98 Å². The fraction of sp³-hybridized carbons (Fsp3) is 0.185. The molecule has 0 saturated carbocycles. The highest BCUT2D eigenvalue weighted by molar-refractivity contribution is 7.80. The van der Waals surface area contributed by atoms with Gasteiger partial charge in [-0.25, -0.2) is 4.39 Å². The molecule has 2 aromatic carbocycles. The quantitative estimate of drug-likeness (QED) is 0.376. The van der Waals surface area contributed by atoms with E-state index in [1.54, 1.807) is 0 Å². The van der Waals surface area contributed by atoms with Gasteiger partial charge in [0.15, 0.2) is 5.11 Å². The van der Waals surface area contributed by atoms with Crippen molar-refractivity contribution in [1.82, 2.24) is 14.9 Å². The number of nitrogens with zero attached hydrogens (tertiary/aromatic N) is 3. The fourth-order valence-electron chi connectivity index (χ4n) is 4.73. The van der Waals surface area contributed by atoms with E-state index >= 15 is 0 Å². The van der Waals surface area contributed by atoms with Gasteiger partial charge in [0.1, 0.15) is 5.82 Å². The number of thiocarbonyl (C=S) groups is 1. The first-order valence-electron chi connectivity index (χ1n) is 11.0. The molecule has 1 aliphatic rings. The average Bonchev–Trinajstić information content (AvgIpc) is 3.31. The minimum absolute atomic E-state index is 0.0875. The summed E-state index contributed by atoms with van der Waals surface area (Å²) >= 11 is 5.84. The van der Waals surface area contributed by atoms with Crippen molar-refractivity contribution in [2.45, 2.75) is 32.9 Å². The van der Waals surface area contributed by atoms with Gasteiger partial charge in [0.05, 0.1) is 17.8 Å². The van der Waals surface area contributed by atoms with Crippen molar-refractivity contribution < 1.29 is 4.39 Å². The number of rotatable bonds is 4. The highest BCUT2D eigenvalue weighted by atomic mass is 32.1. The van der Waals surface area contributed by atoms with Crippen LogP contribution in [-0.2, 0) is 0 Å². The van der Waals surface area contributed by atoms with E-state index in [9.17, 15) is 4.39 Å². The SMILES string of the molecule is Cc1ccc(N2C(=S)N[C@H](c3ccccn3)[C@@H]2c2cc(C)n(-c3ccc(F)cc3)c2C)cc1. The van der Waals surface area contributed by atoms with Crippen LogP contribution in [0.1, 0.15) is 40.3 Å². The summed E-state index contributed by atoms with van der Waals surface area (Å²) in [6.07, 6.45) is 1.81. The Kier molecular flexibility index (Phi) is 5.46. The lowest BCUT2D eigenvalue weighted by atomic mass is 9.96. The minimum Gasteiger partial charge on any atom is -0.351 e. The van der Waals surface area contributed by atoms with Crippen LogP contribution in [0.15, 0.2) is 79.0 Å². The van der Waals surface area contributed by atoms with Gasteiger partial charge in [0.2, 0.25) is 0 Å². The third-order valence-corrected chi connectivity index (χ3v) is 6.60. The van der Waals surface area contributed by atoms with Gasteiger partial charge in [-0.15, -0.1) is 0 Å². The number of nitrogens with one attached hydrogen (secondary N) is 1. The molecule has 5 rings (SSSR count). The Balaban J connectivity index is 1.67. The fourth-order valence-corrected chi connectivity index (χ4v) is 5.07. The second kappa shape index (κ2) is 8.45. The lowest BCUT2D eigenvalue weighted by molar-refractivity contribution is 0.565. The molecule has 166 valence electrons. The molecule has 4 aromatic rings. The van der Waals surface area contributed by atoms with Crippen molar-refractivity contribution in [2.24, 2.45) is 0 Å². The Morgan fingerprint density at radius 2 is 1.61 bits per heavy atom. The molecule has 2 atom stereocenters. The zero-order valence-corrected chi connectivity index (χ0v) is 19.6. The van der Waals surface area contributed by atoms with Crippen molar-refractivity contribution >= 4 is 23.0 Å². The molecule has 0 aliphatic carbocycles. The monoisotopic (exact) mass is 456 g/mol. The van der Waals surface area contributed by atoms with Crippen molar-refractivity contribution in [3.05, 3.63) is 113 Å². The first-order chi connectivity index (χ1) is 15.9. The average molecular weight is 457 g/mol. The van der Waals surface area contributed by atoms with E-state index in [1.807, 2.05) is 36.5 Å². The normalized spacial score (nSPS) is 17.9. The van der Waals surface area contributed by atoms with E-state index in [1.165, 1.54) is 17.7 Å². The highest BCUT2D eigenvalue weighted by Gasteiger charge is 2.42. The van der Waals surface area contributed by atoms with Crippen molar-refractivity contribution in [1.29, 1.82) is 0 Å².